The van der Waals surface area contributed by atoms with Crippen molar-refractivity contribution >= 4 is 41.3 Å². The van der Waals surface area contributed by atoms with Crippen LogP contribution in [0.5, 0.6) is 0 Å². The van der Waals surface area contributed by atoms with Crippen LogP contribution in [0.4, 0.5) is 13.2 Å². The van der Waals surface area contributed by atoms with E-state index in [0.29, 0.717) is 23.4 Å². The molecule has 2 aromatic rings. The Morgan fingerprint density at radius 3 is 2.46 bits per heavy atom. The Balaban J connectivity index is 0.00000338. The zero-order valence-corrected chi connectivity index (χ0v) is 17.7. The van der Waals surface area contributed by atoms with E-state index in [1.807, 2.05) is 18.2 Å². The summed E-state index contributed by atoms with van der Waals surface area (Å²) >= 11 is 0.978. The summed E-state index contributed by atoms with van der Waals surface area (Å²) in [6, 6.07) is 10.2. The second-order valence-electron chi connectivity index (χ2n) is 5.45. The number of aromatic nitrogens is 1. The highest BCUT2D eigenvalue weighted by molar-refractivity contribution is 14.0. The van der Waals surface area contributed by atoms with Crippen molar-refractivity contribution in [2.24, 2.45) is 4.99 Å². The number of aliphatic imine (C=N–C) groups is 1. The molecule has 0 aliphatic carbocycles. The summed E-state index contributed by atoms with van der Waals surface area (Å²) in [7, 11) is 1.63. The fourth-order valence-corrected chi connectivity index (χ4v) is 3.09. The predicted molar refractivity (Wildman–Crippen MR) is 110 cm³/mol. The lowest BCUT2D eigenvalue weighted by atomic mass is 9.97. The maximum Gasteiger partial charge on any atom is 0.434 e. The van der Waals surface area contributed by atoms with E-state index >= 15 is 0 Å². The molecule has 0 spiro atoms. The molecule has 0 radical (unpaired) electrons. The molecule has 26 heavy (non-hydrogen) atoms. The van der Waals surface area contributed by atoms with E-state index in [0.717, 1.165) is 23.1 Å². The highest BCUT2D eigenvalue weighted by atomic mass is 127. The monoisotopic (exact) mass is 498 g/mol. The Labute approximate surface area is 172 Å². The maximum absolute atomic E-state index is 12.6. The number of alkyl halides is 3. The Morgan fingerprint density at radius 1 is 1.23 bits per heavy atom. The Kier molecular flexibility index (Phi) is 9.34. The van der Waals surface area contributed by atoms with Crippen molar-refractivity contribution in [3.8, 4) is 0 Å². The average Bonchev–Trinajstić information content (AvgIpc) is 3.08. The lowest BCUT2D eigenvalue weighted by Crippen LogP contribution is -2.38. The highest BCUT2D eigenvalue weighted by Crippen LogP contribution is 2.29. The van der Waals surface area contributed by atoms with E-state index in [1.165, 1.54) is 5.56 Å². The van der Waals surface area contributed by atoms with E-state index in [1.54, 1.807) is 7.05 Å². The van der Waals surface area contributed by atoms with E-state index in [9.17, 15) is 13.2 Å². The molecule has 2 N–H and O–H groups in total. The van der Waals surface area contributed by atoms with Crippen LogP contribution in [-0.2, 0) is 12.7 Å². The minimum Gasteiger partial charge on any atom is -0.356 e. The minimum absolute atomic E-state index is 0. The van der Waals surface area contributed by atoms with Gasteiger partial charge in [-0.25, -0.2) is 4.98 Å². The van der Waals surface area contributed by atoms with Gasteiger partial charge in [-0.3, -0.25) is 4.99 Å². The molecule has 0 aliphatic rings. The number of rotatable bonds is 6. The zero-order chi connectivity index (χ0) is 18.3. The number of benzene rings is 1. The van der Waals surface area contributed by atoms with Gasteiger partial charge >= 0.3 is 6.18 Å². The first-order valence-corrected chi connectivity index (χ1v) is 8.83. The molecule has 9 heteroatoms. The van der Waals surface area contributed by atoms with Crippen LogP contribution in [0.1, 0.15) is 35.5 Å². The quantitative estimate of drug-likeness (QED) is 0.347. The fourth-order valence-electron chi connectivity index (χ4n) is 2.35. The highest BCUT2D eigenvalue weighted by Gasteiger charge is 2.33. The van der Waals surface area contributed by atoms with Crippen molar-refractivity contribution in [3.63, 3.8) is 0 Å². The van der Waals surface area contributed by atoms with E-state index in [4.69, 9.17) is 0 Å². The van der Waals surface area contributed by atoms with Gasteiger partial charge in [0.2, 0.25) is 0 Å². The molecule has 0 bridgehead atoms. The Hall–Kier alpha value is -1.36. The molecule has 1 aromatic heterocycles. The molecular formula is C17H22F3IN4S. The third-order valence-corrected chi connectivity index (χ3v) is 4.60. The van der Waals surface area contributed by atoms with Gasteiger partial charge < -0.3 is 10.6 Å². The normalized spacial score (nSPS) is 13.0. The summed E-state index contributed by atoms with van der Waals surface area (Å²) < 4.78 is 37.7. The zero-order valence-electron chi connectivity index (χ0n) is 14.5. The largest absolute Gasteiger partial charge is 0.434 e. The molecule has 1 heterocycles. The summed E-state index contributed by atoms with van der Waals surface area (Å²) in [6.45, 7) is 3.00. The second-order valence-corrected chi connectivity index (χ2v) is 6.39. The van der Waals surface area contributed by atoms with Gasteiger partial charge in [0, 0.05) is 24.9 Å². The van der Waals surface area contributed by atoms with Gasteiger partial charge in [0.05, 0.1) is 6.54 Å². The van der Waals surface area contributed by atoms with Gasteiger partial charge in [-0.1, -0.05) is 37.3 Å². The van der Waals surface area contributed by atoms with Crippen LogP contribution in [-0.4, -0.2) is 24.5 Å². The molecule has 0 amide bonds. The van der Waals surface area contributed by atoms with Crippen LogP contribution in [0.3, 0.4) is 0 Å². The van der Waals surface area contributed by atoms with Gasteiger partial charge in [-0.15, -0.1) is 35.3 Å². The number of hydrogen-bond acceptors (Lipinski definition) is 3. The van der Waals surface area contributed by atoms with Crippen LogP contribution in [0.25, 0.3) is 0 Å². The number of guanidine groups is 1. The summed E-state index contributed by atoms with van der Waals surface area (Å²) in [4.78, 5) is 7.70. The first-order valence-electron chi connectivity index (χ1n) is 7.95. The first kappa shape index (κ1) is 22.7. The predicted octanol–water partition coefficient (Wildman–Crippen LogP) is 4.64. The molecule has 1 aromatic carbocycles. The molecule has 4 nitrogen and oxygen atoms in total. The molecule has 1 atom stereocenters. The molecule has 1 unspecified atom stereocenters. The van der Waals surface area contributed by atoms with E-state index in [2.05, 4.69) is 39.7 Å². The molecule has 0 saturated heterocycles. The van der Waals surface area contributed by atoms with Crippen molar-refractivity contribution in [1.82, 2.24) is 15.6 Å². The topological polar surface area (TPSA) is 49.3 Å². The SMILES string of the molecule is CCC(CNC(=NC)NCc1nc(C(F)(F)F)cs1)c1ccccc1.I. The van der Waals surface area contributed by atoms with Gasteiger partial charge in [0.1, 0.15) is 5.01 Å². The van der Waals surface area contributed by atoms with Crippen molar-refractivity contribution in [2.75, 3.05) is 13.6 Å². The average molecular weight is 498 g/mol. The number of hydrogen-bond donors (Lipinski definition) is 2. The van der Waals surface area contributed by atoms with Crippen molar-refractivity contribution in [3.05, 3.63) is 52.0 Å². The maximum atomic E-state index is 12.6. The standard InChI is InChI=1S/C17H21F3N4S.HI/c1-3-12(13-7-5-4-6-8-13)9-22-16(21-2)23-10-15-24-14(11-25-15)17(18,19)20;/h4-8,11-12H,3,9-10H2,1-2H3,(H2,21,22,23);1H. The van der Waals surface area contributed by atoms with Gasteiger partial charge in [-0.2, -0.15) is 13.2 Å². The Bertz CT molecular complexity index is 689. The fraction of sp³-hybridized carbons (Fsp3) is 0.412. The van der Waals surface area contributed by atoms with Crippen LogP contribution in [0.2, 0.25) is 0 Å². The first-order chi connectivity index (χ1) is 11.9. The van der Waals surface area contributed by atoms with Crippen molar-refractivity contribution < 1.29 is 13.2 Å². The molecule has 0 fully saturated rings. The number of nitrogens with one attached hydrogen (secondary N) is 2. The van der Waals surface area contributed by atoms with Crippen molar-refractivity contribution in [2.45, 2.75) is 32.0 Å². The van der Waals surface area contributed by atoms with Crippen LogP contribution in [0.15, 0.2) is 40.7 Å². The minimum atomic E-state index is -4.40. The van der Waals surface area contributed by atoms with E-state index < -0.39 is 11.9 Å². The van der Waals surface area contributed by atoms with Crippen LogP contribution < -0.4 is 10.6 Å². The molecule has 2 rings (SSSR count). The summed E-state index contributed by atoms with van der Waals surface area (Å²) in [5, 5.41) is 7.61. The molecule has 0 aliphatic heterocycles. The summed E-state index contributed by atoms with van der Waals surface area (Å²) in [5.41, 5.74) is 0.384. The molecular weight excluding hydrogens is 476 g/mol. The second kappa shape index (κ2) is 10.7. The van der Waals surface area contributed by atoms with Crippen molar-refractivity contribution in [1.29, 1.82) is 0 Å². The lowest BCUT2D eigenvalue weighted by molar-refractivity contribution is -0.140. The number of nitrogens with zero attached hydrogens (tertiary/aromatic N) is 2. The van der Waals surface area contributed by atoms with Crippen LogP contribution >= 0.6 is 35.3 Å². The molecule has 144 valence electrons. The molecule has 0 saturated carbocycles. The van der Waals surface area contributed by atoms with Crippen LogP contribution in [0, 0.1) is 0 Å². The summed E-state index contributed by atoms with van der Waals surface area (Å²) in [5.74, 6) is 0.870. The lowest BCUT2D eigenvalue weighted by Gasteiger charge is -2.18. The number of thiazole rings is 1. The van der Waals surface area contributed by atoms with E-state index in [-0.39, 0.29) is 30.5 Å². The smallest absolute Gasteiger partial charge is 0.356 e. The number of halogens is 4. The third kappa shape index (κ3) is 6.75. The Morgan fingerprint density at radius 2 is 1.92 bits per heavy atom. The van der Waals surface area contributed by atoms with Gasteiger partial charge in [0.25, 0.3) is 0 Å². The summed E-state index contributed by atoms with van der Waals surface area (Å²) in [6.07, 6.45) is -3.44. The van der Waals surface area contributed by atoms with Gasteiger partial charge in [-0.05, 0) is 12.0 Å². The van der Waals surface area contributed by atoms with Gasteiger partial charge in [0.15, 0.2) is 11.7 Å². The third-order valence-electron chi connectivity index (χ3n) is 3.75.